The number of hydrogen-bond acceptors (Lipinski definition) is 5. The van der Waals surface area contributed by atoms with Crippen molar-refractivity contribution >= 4 is 52.0 Å². The summed E-state index contributed by atoms with van der Waals surface area (Å²) in [6.07, 6.45) is 0. The molecule has 0 aliphatic rings. The maximum atomic E-state index is 9.32. The molecule has 2 aromatic rings. The first-order chi connectivity index (χ1) is 10.5. The van der Waals surface area contributed by atoms with Crippen LogP contribution in [0.4, 0.5) is 11.4 Å². The van der Waals surface area contributed by atoms with E-state index in [2.05, 4.69) is 22.4 Å². The number of hydrogen-bond donors (Lipinski definition) is 1. The van der Waals surface area contributed by atoms with Crippen molar-refractivity contribution in [2.24, 2.45) is 4.99 Å². The van der Waals surface area contributed by atoms with Gasteiger partial charge in [-0.3, -0.25) is 0 Å². The highest BCUT2D eigenvalue weighted by Gasteiger charge is 2.20. The summed E-state index contributed by atoms with van der Waals surface area (Å²) in [5.41, 5.74) is 7.50. The molecule has 0 aliphatic carbocycles. The molecule has 0 bridgehead atoms. The molecule has 0 amide bonds. The first-order valence-corrected chi connectivity index (χ1v) is 7.00. The SMILES string of the molecule is N#Cc1ccc(N)c(Cl)c1-c1c(C#N)ccc(N=C=S)c1Cl. The summed E-state index contributed by atoms with van der Waals surface area (Å²) < 4.78 is 0. The summed E-state index contributed by atoms with van der Waals surface area (Å²) in [6.45, 7) is 0. The van der Waals surface area contributed by atoms with Gasteiger partial charge >= 0.3 is 0 Å². The highest BCUT2D eigenvalue weighted by Crippen LogP contribution is 2.43. The van der Waals surface area contributed by atoms with Crippen LogP contribution in [0.15, 0.2) is 29.3 Å². The lowest BCUT2D eigenvalue weighted by Gasteiger charge is -2.13. The lowest BCUT2D eigenvalue weighted by molar-refractivity contribution is 1.44. The number of isothiocyanates is 1. The number of nitrogen functional groups attached to an aromatic ring is 1. The Morgan fingerprint density at radius 1 is 0.955 bits per heavy atom. The van der Waals surface area contributed by atoms with Gasteiger partial charge < -0.3 is 5.73 Å². The molecular weight excluding hydrogens is 339 g/mol. The molecule has 7 heteroatoms. The Kier molecular flexibility index (Phi) is 4.78. The molecule has 0 saturated heterocycles. The largest absolute Gasteiger partial charge is 0.398 e. The van der Waals surface area contributed by atoms with E-state index in [9.17, 15) is 10.5 Å². The van der Waals surface area contributed by atoms with Crippen LogP contribution < -0.4 is 5.73 Å². The second-order valence-corrected chi connectivity index (χ2v) is 5.08. The molecule has 2 N–H and O–H groups in total. The Hall–Kier alpha value is -2.40. The van der Waals surface area contributed by atoms with Crippen LogP contribution >= 0.6 is 35.4 Å². The van der Waals surface area contributed by atoms with Crippen LogP contribution in [-0.4, -0.2) is 5.16 Å². The molecule has 2 aromatic carbocycles. The number of thiocarbonyl (C=S) groups is 1. The lowest BCUT2D eigenvalue weighted by Crippen LogP contribution is -1.95. The van der Waals surface area contributed by atoms with Gasteiger partial charge in [0.2, 0.25) is 0 Å². The number of nitriles is 2. The van der Waals surface area contributed by atoms with E-state index in [0.29, 0.717) is 16.8 Å². The molecule has 0 aromatic heterocycles. The Balaban J connectivity index is 2.98. The van der Waals surface area contributed by atoms with E-state index in [1.54, 1.807) is 0 Å². The minimum Gasteiger partial charge on any atom is -0.398 e. The van der Waals surface area contributed by atoms with Crippen LogP contribution in [0.1, 0.15) is 11.1 Å². The van der Waals surface area contributed by atoms with E-state index in [1.807, 2.05) is 12.1 Å². The van der Waals surface area contributed by atoms with Gasteiger partial charge in [-0.05, 0) is 36.5 Å². The maximum absolute atomic E-state index is 9.32. The quantitative estimate of drug-likeness (QED) is 0.485. The third-order valence-corrected chi connectivity index (χ3v) is 3.83. The fourth-order valence-corrected chi connectivity index (χ4v) is 2.63. The summed E-state index contributed by atoms with van der Waals surface area (Å²) in [6, 6.07) is 10.1. The van der Waals surface area contributed by atoms with E-state index in [1.165, 1.54) is 24.3 Å². The molecule has 2 rings (SSSR count). The van der Waals surface area contributed by atoms with Crippen molar-refractivity contribution in [3.05, 3.63) is 45.4 Å². The summed E-state index contributed by atoms with van der Waals surface area (Å²) in [7, 11) is 0. The van der Waals surface area contributed by atoms with Gasteiger partial charge in [-0.1, -0.05) is 23.2 Å². The molecule has 0 saturated carbocycles. The highest BCUT2D eigenvalue weighted by atomic mass is 35.5. The second kappa shape index (κ2) is 6.58. The number of rotatable bonds is 2. The van der Waals surface area contributed by atoms with Crippen LogP contribution in [-0.2, 0) is 0 Å². The van der Waals surface area contributed by atoms with Crippen LogP contribution in [0.25, 0.3) is 11.1 Å². The maximum Gasteiger partial charge on any atom is 0.0998 e. The number of nitrogens with zero attached hydrogens (tertiary/aromatic N) is 3. The van der Waals surface area contributed by atoms with Gasteiger partial charge in [0.1, 0.15) is 0 Å². The summed E-state index contributed by atoms with van der Waals surface area (Å²) in [5.74, 6) is 0. The molecule has 0 spiro atoms. The third kappa shape index (κ3) is 2.67. The fraction of sp³-hybridized carbons (Fsp3) is 0. The molecule has 22 heavy (non-hydrogen) atoms. The van der Waals surface area contributed by atoms with Gasteiger partial charge in [0.15, 0.2) is 0 Å². The second-order valence-electron chi connectivity index (χ2n) is 4.14. The van der Waals surface area contributed by atoms with Crippen molar-refractivity contribution in [2.75, 3.05) is 5.73 Å². The molecule has 4 nitrogen and oxygen atoms in total. The predicted molar refractivity (Wildman–Crippen MR) is 90.4 cm³/mol. The normalized spacial score (nSPS) is 9.45. The zero-order valence-electron chi connectivity index (χ0n) is 10.9. The zero-order chi connectivity index (χ0) is 16.3. The van der Waals surface area contributed by atoms with Gasteiger partial charge in [0.05, 0.1) is 49.8 Å². The van der Waals surface area contributed by atoms with Crippen molar-refractivity contribution in [2.45, 2.75) is 0 Å². The van der Waals surface area contributed by atoms with Crippen LogP contribution in [0, 0.1) is 22.7 Å². The van der Waals surface area contributed by atoms with E-state index in [4.69, 9.17) is 28.9 Å². The number of anilines is 1. The van der Waals surface area contributed by atoms with Crippen LogP contribution in [0.2, 0.25) is 10.0 Å². The van der Waals surface area contributed by atoms with Gasteiger partial charge in [-0.25, -0.2) is 0 Å². The monoisotopic (exact) mass is 344 g/mol. The Labute approximate surface area is 142 Å². The first kappa shape index (κ1) is 16.0. The van der Waals surface area contributed by atoms with Gasteiger partial charge in [0.25, 0.3) is 0 Å². The fourth-order valence-electron chi connectivity index (χ4n) is 1.97. The topological polar surface area (TPSA) is 86.0 Å². The summed E-state index contributed by atoms with van der Waals surface area (Å²) in [5, 5.41) is 21.1. The third-order valence-electron chi connectivity index (χ3n) is 2.95. The van der Waals surface area contributed by atoms with Crippen molar-refractivity contribution < 1.29 is 0 Å². The molecule has 0 heterocycles. The molecule has 0 fully saturated rings. The molecule has 0 atom stereocenters. The number of aliphatic imine (C=N–C) groups is 1. The minimum absolute atomic E-state index is 0.153. The van der Waals surface area contributed by atoms with Gasteiger partial charge in [-0.2, -0.15) is 15.5 Å². The Bertz CT molecular complexity index is 903. The average molecular weight is 345 g/mol. The van der Waals surface area contributed by atoms with Crippen molar-refractivity contribution in [3.63, 3.8) is 0 Å². The van der Waals surface area contributed by atoms with Crippen LogP contribution in [0.5, 0.6) is 0 Å². The van der Waals surface area contributed by atoms with E-state index in [0.717, 1.165) is 0 Å². The minimum atomic E-state index is 0.153. The van der Waals surface area contributed by atoms with Gasteiger partial charge in [-0.15, -0.1) is 0 Å². The standard InChI is InChI=1S/C15H6Cl2N4S/c16-14-10(20)3-1-8(5-18)12(14)13-9(6-19)2-4-11(15(13)17)21-7-22/h1-4H,20H2. The highest BCUT2D eigenvalue weighted by molar-refractivity contribution is 7.78. The summed E-state index contributed by atoms with van der Waals surface area (Å²) in [4.78, 5) is 3.84. The molecule has 0 radical (unpaired) electrons. The van der Waals surface area contributed by atoms with Gasteiger partial charge in [0, 0.05) is 11.1 Å². The number of halogens is 2. The van der Waals surface area contributed by atoms with Crippen molar-refractivity contribution in [1.29, 1.82) is 10.5 Å². The average Bonchev–Trinajstić information content (AvgIpc) is 2.52. The molecule has 106 valence electrons. The Morgan fingerprint density at radius 2 is 1.50 bits per heavy atom. The molecule has 0 unspecified atom stereocenters. The zero-order valence-corrected chi connectivity index (χ0v) is 13.2. The number of nitrogens with two attached hydrogens (primary N) is 1. The first-order valence-electron chi connectivity index (χ1n) is 5.84. The predicted octanol–water partition coefficient (Wildman–Crippen LogP) is 4.72. The summed E-state index contributed by atoms with van der Waals surface area (Å²) >= 11 is 17.1. The van der Waals surface area contributed by atoms with Crippen molar-refractivity contribution in [1.82, 2.24) is 0 Å². The van der Waals surface area contributed by atoms with Crippen molar-refractivity contribution in [3.8, 4) is 23.3 Å². The van der Waals surface area contributed by atoms with E-state index < -0.39 is 0 Å². The lowest BCUT2D eigenvalue weighted by atomic mass is 9.95. The van der Waals surface area contributed by atoms with E-state index >= 15 is 0 Å². The van der Waals surface area contributed by atoms with Crippen LogP contribution in [0.3, 0.4) is 0 Å². The smallest absolute Gasteiger partial charge is 0.0998 e. The molecular formula is C15H6Cl2N4S. The van der Waals surface area contributed by atoms with E-state index in [-0.39, 0.29) is 26.9 Å². The Morgan fingerprint density at radius 3 is 2.05 bits per heavy atom. The molecule has 0 aliphatic heterocycles. The number of benzene rings is 2.